The smallest absolute Gasteiger partial charge is 0.272 e. The minimum absolute atomic E-state index is 0.00595. The van der Waals surface area contributed by atoms with Crippen LogP contribution in [-0.2, 0) is 13.5 Å². The second kappa shape index (κ2) is 15.5. The molecular weight excluding hydrogens is 609 g/mol. The van der Waals surface area contributed by atoms with E-state index >= 15 is 0 Å². The fraction of sp³-hybridized carbons (Fsp3) is 0.405. The van der Waals surface area contributed by atoms with Crippen molar-refractivity contribution < 1.29 is 18.7 Å². The predicted octanol–water partition coefficient (Wildman–Crippen LogP) is 5.03. The van der Waals surface area contributed by atoms with Crippen LogP contribution in [0.4, 0.5) is 4.39 Å². The zero-order valence-electron chi connectivity index (χ0n) is 27.7. The molecule has 0 atom stereocenters. The largest absolute Gasteiger partial charge is 0.438 e. The molecule has 0 unspecified atom stereocenters. The maximum absolute atomic E-state index is 14.3. The first-order chi connectivity index (χ1) is 23.3. The number of pyridine rings is 1. The molecule has 2 aliphatic rings. The van der Waals surface area contributed by atoms with Crippen LogP contribution >= 0.6 is 0 Å². The van der Waals surface area contributed by atoms with Crippen LogP contribution in [0.1, 0.15) is 64.2 Å². The molecule has 1 saturated carbocycles. The van der Waals surface area contributed by atoms with Gasteiger partial charge in [-0.3, -0.25) is 14.3 Å². The summed E-state index contributed by atoms with van der Waals surface area (Å²) in [6.45, 7) is 7.40. The summed E-state index contributed by atoms with van der Waals surface area (Å²) in [5, 5.41) is 13.7. The van der Waals surface area contributed by atoms with E-state index in [1.165, 1.54) is 5.56 Å². The van der Waals surface area contributed by atoms with Crippen LogP contribution in [0, 0.1) is 12.7 Å². The molecular formula is C37H44FN7O3. The highest BCUT2D eigenvalue weighted by atomic mass is 19.1. The van der Waals surface area contributed by atoms with E-state index in [9.17, 15) is 14.0 Å². The van der Waals surface area contributed by atoms with Gasteiger partial charge in [-0.25, -0.2) is 9.37 Å². The molecule has 1 aliphatic carbocycles. The molecule has 0 spiro atoms. The zero-order valence-corrected chi connectivity index (χ0v) is 27.7. The van der Waals surface area contributed by atoms with Crippen LogP contribution in [0.15, 0.2) is 66.9 Å². The highest BCUT2D eigenvalue weighted by Gasteiger charge is 2.26. The number of hydrogen-bond donors (Lipinski definition) is 3. The average Bonchev–Trinajstić information content (AvgIpc) is 3.45. The first-order valence-electron chi connectivity index (χ1n) is 16.9. The monoisotopic (exact) mass is 653 g/mol. The first kappa shape index (κ1) is 33.3. The quantitative estimate of drug-likeness (QED) is 0.208. The molecule has 3 heterocycles. The van der Waals surface area contributed by atoms with Crippen LogP contribution in [0.2, 0.25) is 0 Å². The van der Waals surface area contributed by atoms with Crippen molar-refractivity contribution in [3.8, 4) is 22.8 Å². The SMILES string of the molecule is Cc1cc(C(=O)NC2CCC(NC(=O)c3cc(F)cnc3Oc3cccc(-c4ccc(CCCN5CCNCC5)cc4)c3)CC2)nn1C. The maximum Gasteiger partial charge on any atom is 0.272 e. The van der Waals surface area contributed by atoms with Gasteiger partial charge in [0.15, 0.2) is 0 Å². The molecule has 252 valence electrons. The lowest BCUT2D eigenvalue weighted by molar-refractivity contribution is 0.0887. The number of nitrogens with one attached hydrogen (secondary N) is 3. The Labute approximate surface area is 281 Å². The van der Waals surface area contributed by atoms with Gasteiger partial charge in [0, 0.05) is 51.0 Å². The summed E-state index contributed by atoms with van der Waals surface area (Å²) in [7, 11) is 1.80. The van der Waals surface area contributed by atoms with Gasteiger partial charge in [-0.1, -0.05) is 36.4 Å². The molecule has 4 aromatic rings. The summed E-state index contributed by atoms with van der Waals surface area (Å²) in [6.07, 6.45) is 5.98. The van der Waals surface area contributed by atoms with Crippen molar-refractivity contribution in [2.75, 3.05) is 32.7 Å². The number of aromatic nitrogens is 3. The molecule has 0 radical (unpaired) electrons. The molecule has 2 aromatic carbocycles. The van der Waals surface area contributed by atoms with Crippen molar-refractivity contribution in [3.05, 3.63) is 95.2 Å². The molecule has 0 bridgehead atoms. The molecule has 1 saturated heterocycles. The zero-order chi connectivity index (χ0) is 33.5. The van der Waals surface area contributed by atoms with Crippen molar-refractivity contribution in [2.45, 2.75) is 57.5 Å². The molecule has 10 nitrogen and oxygen atoms in total. The highest BCUT2D eigenvalue weighted by Crippen LogP contribution is 2.29. The lowest BCUT2D eigenvalue weighted by Crippen LogP contribution is -2.44. The molecule has 2 amide bonds. The van der Waals surface area contributed by atoms with E-state index < -0.39 is 11.7 Å². The van der Waals surface area contributed by atoms with Crippen molar-refractivity contribution >= 4 is 11.8 Å². The molecule has 6 rings (SSSR count). The first-order valence-corrected chi connectivity index (χ1v) is 16.9. The summed E-state index contributed by atoms with van der Waals surface area (Å²) >= 11 is 0. The van der Waals surface area contributed by atoms with Crippen molar-refractivity contribution in [1.29, 1.82) is 0 Å². The number of halogens is 1. The van der Waals surface area contributed by atoms with Gasteiger partial charge in [-0.2, -0.15) is 5.10 Å². The number of carbonyl (C=O) groups excluding carboxylic acids is 2. The fourth-order valence-electron chi connectivity index (χ4n) is 6.40. The van der Waals surface area contributed by atoms with E-state index in [1.54, 1.807) is 23.9 Å². The van der Waals surface area contributed by atoms with Crippen LogP contribution in [0.5, 0.6) is 11.6 Å². The lowest BCUT2D eigenvalue weighted by Gasteiger charge is -2.29. The van der Waals surface area contributed by atoms with Gasteiger partial charge >= 0.3 is 0 Å². The number of hydrogen-bond acceptors (Lipinski definition) is 7. The van der Waals surface area contributed by atoms with Gasteiger partial charge in [0.2, 0.25) is 5.88 Å². The normalized spacial score (nSPS) is 18.3. The molecule has 2 fully saturated rings. The lowest BCUT2D eigenvalue weighted by atomic mass is 9.91. The summed E-state index contributed by atoms with van der Waals surface area (Å²) in [5.41, 5.74) is 4.67. The number of nitrogens with zero attached hydrogens (tertiary/aromatic N) is 4. The van der Waals surface area contributed by atoms with Gasteiger partial charge in [0.05, 0.1) is 6.20 Å². The number of piperazine rings is 1. The summed E-state index contributed by atoms with van der Waals surface area (Å²) in [5.74, 6) is -0.725. The van der Waals surface area contributed by atoms with E-state index in [4.69, 9.17) is 4.74 Å². The van der Waals surface area contributed by atoms with Crippen molar-refractivity contribution in [3.63, 3.8) is 0 Å². The van der Waals surface area contributed by atoms with Crippen LogP contribution in [-0.4, -0.2) is 76.3 Å². The number of rotatable bonds is 11. The summed E-state index contributed by atoms with van der Waals surface area (Å²) in [4.78, 5) is 32.6. The van der Waals surface area contributed by atoms with Gasteiger partial charge in [0.25, 0.3) is 11.8 Å². The standard InChI is InChI=1S/C37H44FN7O3/c1-25-21-34(43-44(25)2)36(47)42-31-14-12-30(13-15-31)41-35(46)33-23-29(38)24-40-37(33)48-32-7-3-6-28(22-32)27-10-8-26(9-11-27)5-4-18-45-19-16-39-17-20-45/h3,6-11,21-24,30-31,39H,4-5,12-20H2,1-2H3,(H,41,46)(H,42,47). The Morgan fingerprint density at radius 1 is 0.938 bits per heavy atom. The summed E-state index contributed by atoms with van der Waals surface area (Å²) in [6, 6.07) is 19.0. The Kier molecular flexibility index (Phi) is 10.8. The van der Waals surface area contributed by atoms with E-state index in [2.05, 4.69) is 55.2 Å². The van der Waals surface area contributed by atoms with Gasteiger partial charge in [-0.05, 0) is 92.9 Å². The topological polar surface area (TPSA) is 113 Å². The maximum atomic E-state index is 14.3. The van der Waals surface area contributed by atoms with Crippen molar-refractivity contribution in [2.24, 2.45) is 7.05 Å². The van der Waals surface area contributed by atoms with Gasteiger partial charge in [0.1, 0.15) is 22.8 Å². The van der Waals surface area contributed by atoms with Crippen LogP contribution < -0.4 is 20.7 Å². The van der Waals surface area contributed by atoms with Crippen LogP contribution in [0.25, 0.3) is 11.1 Å². The van der Waals surface area contributed by atoms with E-state index in [1.807, 2.05) is 25.1 Å². The minimum Gasteiger partial charge on any atom is -0.438 e. The molecule has 11 heteroatoms. The fourth-order valence-corrected chi connectivity index (χ4v) is 6.40. The Balaban J connectivity index is 1.03. The molecule has 2 aromatic heterocycles. The van der Waals surface area contributed by atoms with Gasteiger partial charge in [-0.15, -0.1) is 0 Å². The second-order valence-electron chi connectivity index (χ2n) is 12.8. The van der Waals surface area contributed by atoms with E-state index in [-0.39, 0.29) is 29.4 Å². The Morgan fingerprint density at radius 2 is 1.65 bits per heavy atom. The average molecular weight is 654 g/mol. The number of aryl methyl sites for hydroxylation is 3. The van der Waals surface area contributed by atoms with Crippen LogP contribution in [0.3, 0.4) is 0 Å². The predicted molar refractivity (Wildman–Crippen MR) is 183 cm³/mol. The molecule has 1 aliphatic heterocycles. The molecule has 48 heavy (non-hydrogen) atoms. The molecule has 3 N–H and O–H groups in total. The highest BCUT2D eigenvalue weighted by molar-refractivity contribution is 5.96. The summed E-state index contributed by atoms with van der Waals surface area (Å²) < 4.78 is 22.1. The second-order valence-corrected chi connectivity index (χ2v) is 12.8. The van der Waals surface area contributed by atoms with E-state index in [0.29, 0.717) is 37.1 Å². The third kappa shape index (κ3) is 8.64. The Hall–Kier alpha value is -4.61. The third-order valence-corrected chi connectivity index (χ3v) is 9.29. The number of carbonyl (C=O) groups is 2. The minimum atomic E-state index is -0.620. The Morgan fingerprint density at radius 3 is 2.33 bits per heavy atom. The number of amides is 2. The third-order valence-electron chi connectivity index (χ3n) is 9.29. The Bertz CT molecular complexity index is 1690. The number of benzene rings is 2. The number of ether oxygens (including phenoxy) is 1. The van der Waals surface area contributed by atoms with Crippen molar-refractivity contribution in [1.82, 2.24) is 35.6 Å². The van der Waals surface area contributed by atoms with E-state index in [0.717, 1.165) is 74.6 Å². The van der Waals surface area contributed by atoms with Gasteiger partial charge < -0.3 is 25.6 Å².